The Bertz CT molecular complexity index is 487. The average Bonchev–Trinajstić information content (AvgIpc) is 2.99. The highest BCUT2D eigenvalue weighted by molar-refractivity contribution is 5.28. The second kappa shape index (κ2) is 4.29. The maximum Gasteiger partial charge on any atom is 0.123 e. The van der Waals surface area contributed by atoms with Crippen LogP contribution >= 0.6 is 0 Å². The van der Waals surface area contributed by atoms with Crippen LogP contribution in [0.2, 0.25) is 0 Å². The van der Waals surface area contributed by atoms with E-state index in [1.54, 1.807) is 6.07 Å². The van der Waals surface area contributed by atoms with Gasteiger partial charge in [0.1, 0.15) is 5.82 Å². The van der Waals surface area contributed by atoms with Gasteiger partial charge in [-0.15, -0.1) is 0 Å². The van der Waals surface area contributed by atoms with Crippen molar-refractivity contribution in [3.63, 3.8) is 0 Å². The van der Waals surface area contributed by atoms with Crippen molar-refractivity contribution in [1.29, 1.82) is 0 Å². The highest BCUT2D eigenvalue weighted by Crippen LogP contribution is 2.62. The van der Waals surface area contributed by atoms with Gasteiger partial charge in [-0.3, -0.25) is 0 Å². The van der Waals surface area contributed by atoms with Gasteiger partial charge >= 0.3 is 0 Å². The molecule has 3 N–H and O–H groups in total. The van der Waals surface area contributed by atoms with E-state index >= 15 is 0 Å². The predicted octanol–water partition coefficient (Wildman–Crippen LogP) is 2.80. The van der Waals surface area contributed by atoms with E-state index in [1.165, 1.54) is 25.0 Å². The molecule has 0 spiro atoms. The molecule has 2 aliphatic carbocycles. The van der Waals surface area contributed by atoms with Crippen molar-refractivity contribution in [1.82, 2.24) is 0 Å². The second-order valence-electron chi connectivity index (χ2n) is 6.52. The number of benzene rings is 1. The maximum atomic E-state index is 13.5. The molecule has 0 aliphatic heterocycles. The van der Waals surface area contributed by atoms with Crippen LogP contribution in [-0.2, 0) is 5.60 Å². The summed E-state index contributed by atoms with van der Waals surface area (Å²) in [5, 5.41) is 11.1. The third-order valence-corrected chi connectivity index (χ3v) is 5.70. The van der Waals surface area contributed by atoms with E-state index in [2.05, 4.69) is 0 Å². The second-order valence-corrected chi connectivity index (χ2v) is 6.52. The molecule has 0 amide bonds. The van der Waals surface area contributed by atoms with Crippen LogP contribution in [0.4, 0.5) is 4.39 Å². The minimum absolute atomic E-state index is 0.288. The van der Waals surface area contributed by atoms with Gasteiger partial charge in [0.25, 0.3) is 0 Å². The Hall–Kier alpha value is -0.930. The lowest BCUT2D eigenvalue weighted by Crippen LogP contribution is -2.52. The van der Waals surface area contributed by atoms with E-state index in [4.69, 9.17) is 5.73 Å². The fraction of sp³-hybridized carbons (Fsp3) is 0.625. The zero-order chi connectivity index (χ0) is 13.7. The first kappa shape index (κ1) is 13.1. The van der Waals surface area contributed by atoms with Crippen LogP contribution in [0, 0.1) is 23.1 Å². The zero-order valence-electron chi connectivity index (χ0n) is 11.4. The molecule has 3 heteroatoms. The van der Waals surface area contributed by atoms with Crippen molar-refractivity contribution < 1.29 is 9.50 Å². The minimum Gasteiger partial charge on any atom is -0.385 e. The standard InChI is InChI=1S/C16H22FNO/c1-15(19,12-3-2-4-14(17)8-12)16(10-18)9-11-5-6-13(16)7-11/h2-4,8,11,13,19H,5-7,9-10,18H2,1H3. The zero-order valence-corrected chi connectivity index (χ0v) is 11.4. The summed E-state index contributed by atoms with van der Waals surface area (Å²) in [6, 6.07) is 6.34. The van der Waals surface area contributed by atoms with Crippen LogP contribution < -0.4 is 5.73 Å². The van der Waals surface area contributed by atoms with Crippen molar-refractivity contribution in [2.45, 2.75) is 38.2 Å². The van der Waals surface area contributed by atoms with E-state index in [9.17, 15) is 9.50 Å². The van der Waals surface area contributed by atoms with Gasteiger partial charge in [0.2, 0.25) is 0 Å². The average molecular weight is 263 g/mol. The molecule has 0 heterocycles. The summed E-state index contributed by atoms with van der Waals surface area (Å²) in [4.78, 5) is 0. The van der Waals surface area contributed by atoms with E-state index in [0.29, 0.717) is 23.9 Å². The third kappa shape index (κ3) is 1.75. The minimum atomic E-state index is -1.05. The molecule has 4 atom stereocenters. The van der Waals surface area contributed by atoms with Gasteiger partial charge in [0.05, 0.1) is 5.60 Å². The SMILES string of the molecule is CC(O)(c1cccc(F)c1)C1(CN)CC2CCC1C2. The van der Waals surface area contributed by atoms with Crippen LogP contribution in [-0.4, -0.2) is 11.7 Å². The van der Waals surface area contributed by atoms with Crippen LogP contribution in [0.15, 0.2) is 24.3 Å². The fourth-order valence-corrected chi connectivity index (χ4v) is 4.57. The number of halogens is 1. The van der Waals surface area contributed by atoms with Crippen LogP contribution in [0.5, 0.6) is 0 Å². The Morgan fingerprint density at radius 3 is 2.79 bits per heavy atom. The molecule has 19 heavy (non-hydrogen) atoms. The summed E-state index contributed by atoms with van der Waals surface area (Å²) in [6.45, 7) is 2.28. The van der Waals surface area contributed by atoms with E-state index in [-0.39, 0.29) is 11.2 Å². The first-order chi connectivity index (χ1) is 8.99. The molecule has 2 aliphatic rings. The lowest BCUT2D eigenvalue weighted by atomic mass is 9.60. The number of nitrogens with two attached hydrogens (primary N) is 1. The third-order valence-electron chi connectivity index (χ3n) is 5.70. The number of aliphatic hydroxyl groups is 1. The molecule has 3 rings (SSSR count). The Labute approximate surface area is 113 Å². The molecule has 2 fully saturated rings. The fourth-order valence-electron chi connectivity index (χ4n) is 4.57. The number of rotatable bonds is 3. The molecule has 2 bridgehead atoms. The summed E-state index contributed by atoms with van der Waals surface area (Å²) >= 11 is 0. The Morgan fingerprint density at radius 2 is 2.26 bits per heavy atom. The normalized spacial score (nSPS) is 36.4. The van der Waals surface area contributed by atoms with E-state index < -0.39 is 5.60 Å². The van der Waals surface area contributed by atoms with Crippen molar-refractivity contribution in [2.75, 3.05) is 6.54 Å². The van der Waals surface area contributed by atoms with E-state index in [1.807, 2.05) is 13.0 Å². The van der Waals surface area contributed by atoms with Crippen molar-refractivity contribution in [2.24, 2.45) is 23.0 Å². The summed E-state index contributed by atoms with van der Waals surface area (Å²) in [6.07, 6.45) is 4.54. The lowest BCUT2D eigenvalue weighted by Gasteiger charge is -2.48. The summed E-state index contributed by atoms with van der Waals surface area (Å²) in [5.74, 6) is 0.863. The first-order valence-corrected chi connectivity index (χ1v) is 7.18. The van der Waals surface area contributed by atoms with Gasteiger partial charge in [-0.25, -0.2) is 4.39 Å². The molecule has 2 nitrogen and oxygen atoms in total. The van der Waals surface area contributed by atoms with Gasteiger partial charge in [-0.05, 0) is 55.7 Å². The highest BCUT2D eigenvalue weighted by Gasteiger charge is 2.59. The Morgan fingerprint density at radius 1 is 1.47 bits per heavy atom. The molecule has 1 aromatic carbocycles. The smallest absolute Gasteiger partial charge is 0.123 e. The van der Waals surface area contributed by atoms with Crippen LogP contribution in [0.3, 0.4) is 0 Å². The molecule has 2 saturated carbocycles. The molecule has 4 unspecified atom stereocenters. The van der Waals surface area contributed by atoms with Crippen LogP contribution in [0.25, 0.3) is 0 Å². The molecule has 0 saturated heterocycles. The molecule has 0 aromatic heterocycles. The molecular weight excluding hydrogens is 241 g/mol. The highest BCUT2D eigenvalue weighted by atomic mass is 19.1. The Kier molecular flexibility index (Phi) is 2.95. The molecular formula is C16H22FNO. The van der Waals surface area contributed by atoms with Crippen molar-refractivity contribution >= 4 is 0 Å². The molecule has 1 aromatic rings. The Balaban J connectivity index is 2.03. The maximum absolute atomic E-state index is 13.5. The van der Waals surface area contributed by atoms with Crippen molar-refractivity contribution in [3.05, 3.63) is 35.6 Å². The van der Waals surface area contributed by atoms with Gasteiger partial charge in [0, 0.05) is 12.0 Å². The van der Waals surface area contributed by atoms with Crippen LogP contribution in [0.1, 0.15) is 38.2 Å². The van der Waals surface area contributed by atoms with Crippen molar-refractivity contribution in [3.8, 4) is 0 Å². The molecule has 104 valence electrons. The quantitative estimate of drug-likeness (QED) is 0.881. The summed E-state index contributed by atoms with van der Waals surface area (Å²) < 4.78 is 13.5. The monoisotopic (exact) mass is 263 g/mol. The van der Waals surface area contributed by atoms with Gasteiger partial charge in [-0.1, -0.05) is 18.6 Å². The number of fused-ring (bicyclic) bond motifs is 2. The van der Waals surface area contributed by atoms with Gasteiger partial charge in [0.15, 0.2) is 0 Å². The number of hydrogen-bond donors (Lipinski definition) is 2. The largest absolute Gasteiger partial charge is 0.385 e. The van der Waals surface area contributed by atoms with Gasteiger partial charge < -0.3 is 10.8 Å². The predicted molar refractivity (Wildman–Crippen MR) is 72.9 cm³/mol. The number of hydrogen-bond acceptors (Lipinski definition) is 2. The first-order valence-electron chi connectivity index (χ1n) is 7.18. The lowest BCUT2D eigenvalue weighted by molar-refractivity contribution is -0.103. The summed E-state index contributed by atoms with van der Waals surface area (Å²) in [5.41, 5.74) is 5.38. The van der Waals surface area contributed by atoms with Gasteiger partial charge in [-0.2, -0.15) is 0 Å². The summed E-state index contributed by atoms with van der Waals surface area (Å²) in [7, 11) is 0. The topological polar surface area (TPSA) is 46.2 Å². The van der Waals surface area contributed by atoms with E-state index in [0.717, 1.165) is 12.8 Å². The molecule has 0 radical (unpaired) electrons.